The molecule has 0 aromatic heterocycles. The summed E-state index contributed by atoms with van der Waals surface area (Å²) in [6.07, 6.45) is 1.26. The van der Waals surface area contributed by atoms with Gasteiger partial charge in [0.1, 0.15) is 17.9 Å². The number of carbonyl (C=O) groups is 2. The van der Waals surface area contributed by atoms with Gasteiger partial charge >= 0.3 is 6.03 Å². The number of ether oxygens (including phenoxy) is 1. The molecule has 1 aliphatic heterocycles. The molecule has 1 atom stereocenters. The van der Waals surface area contributed by atoms with Crippen molar-refractivity contribution in [1.29, 1.82) is 0 Å². The van der Waals surface area contributed by atoms with Crippen molar-refractivity contribution < 1.29 is 14.3 Å². The predicted molar refractivity (Wildman–Crippen MR) is 100 cm³/mol. The number of carbonyl (C=O) groups excluding carboxylic acids is 2. The molecule has 26 heavy (non-hydrogen) atoms. The molecular formula is C20H21ClN2O3. The van der Waals surface area contributed by atoms with Gasteiger partial charge < -0.3 is 10.1 Å². The first-order valence-corrected chi connectivity index (χ1v) is 8.93. The topological polar surface area (TPSA) is 58.6 Å². The molecule has 0 bridgehead atoms. The van der Waals surface area contributed by atoms with E-state index >= 15 is 0 Å². The number of urea groups is 1. The fraction of sp³-hybridized carbons (Fsp3) is 0.300. The number of amides is 3. The summed E-state index contributed by atoms with van der Waals surface area (Å²) < 4.78 is 5.59. The van der Waals surface area contributed by atoms with Crippen LogP contribution >= 0.6 is 11.6 Å². The number of hydrogen-bond acceptors (Lipinski definition) is 3. The van der Waals surface area contributed by atoms with Crippen molar-refractivity contribution in [3.8, 4) is 5.75 Å². The van der Waals surface area contributed by atoms with Crippen molar-refractivity contribution in [2.24, 2.45) is 0 Å². The lowest BCUT2D eigenvalue weighted by Gasteiger charge is -2.21. The van der Waals surface area contributed by atoms with Crippen molar-refractivity contribution in [1.82, 2.24) is 10.2 Å². The molecule has 1 fully saturated rings. The van der Waals surface area contributed by atoms with Gasteiger partial charge in [0, 0.05) is 0 Å². The zero-order valence-corrected chi connectivity index (χ0v) is 15.3. The molecule has 2 aromatic rings. The van der Waals surface area contributed by atoms with E-state index in [1.165, 1.54) is 4.90 Å². The Morgan fingerprint density at radius 3 is 2.50 bits per heavy atom. The number of aryl methyl sites for hydroxylation is 1. The first kappa shape index (κ1) is 18.3. The Labute approximate surface area is 157 Å². The average molecular weight is 373 g/mol. The summed E-state index contributed by atoms with van der Waals surface area (Å²) in [6, 6.07) is 16.6. The largest absolute Gasteiger partial charge is 0.490 e. The lowest BCUT2D eigenvalue weighted by Crippen LogP contribution is -2.44. The van der Waals surface area contributed by atoms with Gasteiger partial charge in [-0.2, -0.15) is 0 Å². The minimum atomic E-state index is -0.892. The van der Waals surface area contributed by atoms with E-state index in [9.17, 15) is 9.59 Å². The smallest absolute Gasteiger partial charge is 0.325 e. The number of benzene rings is 2. The quantitative estimate of drug-likeness (QED) is 0.754. The Balaban J connectivity index is 1.57. The fourth-order valence-corrected chi connectivity index (χ4v) is 3.16. The molecule has 0 spiro atoms. The highest BCUT2D eigenvalue weighted by atomic mass is 35.5. The van der Waals surface area contributed by atoms with Gasteiger partial charge in [-0.15, -0.1) is 0 Å². The highest BCUT2D eigenvalue weighted by molar-refractivity contribution is 6.32. The zero-order valence-electron chi connectivity index (χ0n) is 14.6. The standard InChI is InChI=1S/C20H21ClN2O3/c1-20(12-11-15-7-3-2-4-8-15)18(24)23(19(25)22-20)13-14-26-17-10-6-5-9-16(17)21/h2-10H,11-14H2,1H3,(H,22,25)/t20-/m0/s1. The fourth-order valence-electron chi connectivity index (χ4n) is 2.97. The molecule has 3 rings (SSSR count). The van der Waals surface area contributed by atoms with Crippen LogP contribution in [0.25, 0.3) is 0 Å². The molecule has 1 aliphatic rings. The summed E-state index contributed by atoms with van der Waals surface area (Å²) in [5.41, 5.74) is 0.244. The highest BCUT2D eigenvalue weighted by Gasteiger charge is 2.47. The third-order valence-corrected chi connectivity index (χ3v) is 4.82. The molecule has 1 N–H and O–H groups in total. The summed E-state index contributed by atoms with van der Waals surface area (Å²) in [7, 11) is 0. The Hall–Kier alpha value is -2.53. The van der Waals surface area contributed by atoms with Crippen LogP contribution in [-0.4, -0.2) is 35.5 Å². The molecule has 0 saturated carbocycles. The zero-order chi connectivity index (χ0) is 18.6. The van der Waals surface area contributed by atoms with Crippen molar-refractivity contribution in [2.45, 2.75) is 25.3 Å². The van der Waals surface area contributed by atoms with Gasteiger partial charge in [0.05, 0.1) is 11.6 Å². The molecule has 5 nitrogen and oxygen atoms in total. The number of rotatable bonds is 7. The van der Waals surface area contributed by atoms with Crippen LogP contribution in [0.15, 0.2) is 54.6 Å². The van der Waals surface area contributed by atoms with E-state index < -0.39 is 5.54 Å². The van der Waals surface area contributed by atoms with Gasteiger partial charge in [-0.3, -0.25) is 9.69 Å². The van der Waals surface area contributed by atoms with E-state index in [0.717, 1.165) is 5.56 Å². The van der Waals surface area contributed by atoms with Gasteiger partial charge in [0.15, 0.2) is 0 Å². The summed E-state index contributed by atoms with van der Waals surface area (Å²) in [4.78, 5) is 26.2. The van der Waals surface area contributed by atoms with Gasteiger partial charge in [-0.25, -0.2) is 4.79 Å². The van der Waals surface area contributed by atoms with E-state index in [1.54, 1.807) is 19.1 Å². The monoisotopic (exact) mass is 372 g/mol. The molecular weight excluding hydrogens is 352 g/mol. The van der Waals surface area contributed by atoms with Gasteiger partial charge in [-0.1, -0.05) is 54.1 Å². The minimum absolute atomic E-state index is 0.177. The predicted octanol–water partition coefficient (Wildman–Crippen LogP) is 3.66. The van der Waals surface area contributed by atoms with Crippen LogP contribution in [0.2, 0.25) is 5.02 Å². The van der Waals surface area contributed by atoms with Crippen LogP contribution in [0.5, 0.6) is 5.75 Å². The third-order valence-electron chi connectivity index (χ3n) is 4.51. The lowest BCUT2D eigenvalue weighted by molar-refractivity contribution is -0.131. The SMILES string of the molecule is C[C@@]1(CCc2ccccc2)NC(=O)N(CCOc2ccccc2Cl)C1=O. The third kappa shape index (κ3) is 3.99. The van der Waals surface area contributed by atoms with E-state index in [1.807, 2.05) is 42.5 Å². The summed E-state index contributed by atoms with van der Waals surface area (Å²) in [6.45, 7) is 2.14. The lowest BCUT2D eigenvalue weighted by atomic mass is 9.93. The maximum absolute atomic E-state index is 12.7. The van der Waals surface area contributed by atoms with Crippen LogP contribution < -0.4 is 10.1 Å². The molecule has 6 heteroatoms. The maximum Gasteiger partial charge on any atom is 0.325 e. The van der Waals surface area contributed by atoms with Crippen LogP contribution in [0, 0.1) is 0 Å². The minimum Gasteiger partial charge on any atom is -0.490 e. The van der Waals surface area contributed by atoms with Gasteiger partial charge in [0.25, 0.3) is 5.91 Å². The van der Waals surface area contributed by atoms with E-state index in [2.05, 4.69) is 5.32 Å². The summed E-state index contributed by atoms with van der Waals surface area (Å²) >= 11 is 6.04. The van der Waals surface area contributed by atoms with Crippen LogP contribution in [0.3, 0.4) is 0 Å². The molecule has 0 unspecified atom stereocenters. The number of halogens is 1. The molecule has 2 aromatic carbocycles. The number of nitrogens with zero attached hydrogens (tertiary/aromatic N) is 1. The second kappa shape index (κ2) is 7.79. The van der Waals surface area contributed by atoms with Crippen LogP contribution in [0.4, 0.5) is 4.79 Å². The molecule has 0 aliphatic carbocycles. The van der Waals surface area contributed by atoms with Crippen LogP contribution in [-0.2, 0) is 11.2 Å². The molecule has 136 valence electrons. The Morgan fingerprint density at radius 1 is 1.08 bits per heavy atom. The van der Waals surface area contributed by atoms with Crippen molar-refractivity contribution in [3.05, 3.63) is 65.2 Å². The average Bonchev–Trinajstić information content (AvgIpc) is 2.86. The summed E-state index contributed by atoms with van der Waals surface area (Å²) in [5.74, 6) is 0.314. The van der Waals surface area contributed by atoms with Crippen molar-refractivity contribution in [2.75, 3.05) is 13.2 Å². The van der Waals surface area contributed by atoms with E-state index in [4.69, 9.17) is 16.3 Å². The van der Waals surface area contributed by atoms with E-state index in [-0.39, 0.29) is 25.1 Å². The van der Waals surface area contributed by atoms with Gasteiger partial charge in [-0.05, 0) is 37.5 Å². The number of imide groups is 1. The molecule has 3 amide bonds. The second-order valence-corrected chi connectivity index (χ2v) is 6.89. The molecule has 0 radical (unpaired) electrons. The second-order valence-electron chi connectivity index (χ2n) is 6.48. The highest BCUT2D eigenvalue weighted by Crippen LogP contribution is 2.25. The van der Waals surface area contributed by atoms with Crippen molar-refractivity contribution in [3.63, 3.8) is 0 Å². The number of hydrogen-bond donors (Lipinski definition) is 1. The Bertz CT molecular complexity index is 797. The maximum atomic E-state index is 12.7. The Morgan fingerprint density at radius 2 is 1.77 bits per heavy atom. The van der Waals surface area contributed by atoms with Crippen molar-refractivity contribution >= 4 is 23.5 Å². The normalized spacial score (nSPS) is 19.5. The first-order chi connectivity index (χ1) is 12.5. The molecule has 1 heterocycles. The summed E-state index contributed by atoms with van der Waals surface area (Å²) in [5, 5.41) is 3.31. The van der Waals surface area contributed by atoms with Gasteiger partial charge in [0.2, 0.25) is 0 Å². The number of nitrogens with one attached hydrogen (secondary N) is 1. The van der Waals surface area contributed by atoms with Crippen LogP contribution in [0.1, 0.15) is 18.9 Å². The number of para-hydroxylation sites is 1. The Kier molecular flexibility index (Phi) is 5.47. The molecule has 1 saturated heterocycles. The van der Waals surface area contributed by atoms with E-state index in [0.29, 0.717) is 23.6 Å². The first-order valence-electron chi connectivity index (χ1n) is 8.55.